The van der Waals surface area contributed by atoms with E-state index in [0.29, 0.717) is 18.5 Å². The number of benzene rings is 1. The van der Waals surface area contributed by atoms with E-state index in [0.717, 1.165) is 10.8 Å². The van der Waals surface area contributed by atoms with Crippen LogP contribution < -0.4 is 5.32 Å². The van der Waals surface area contributed by atoms with Gasteiger partial charge in [0.05, 0.1) is 18.3 Å². The first kappa shape index (κ1) is 14.4. The van der Waals surface area contributed by atoms with Gasteiger partial charge in [-0.15, -0.1) is 0 Å². The van der Waals surface area contributed by atoms with Gasteiger partial charge in [0.2, 0.25) is 0 Å². The van der Waals surface area contributed by atoms with E-state index in [1.54, 1.807) is 12.4 Å². The zero-order valence-electron chi connectivity index (χ0n) is 11.4. The zero-order valence-corrected chi connectivity index (χ0v) is 11.4. The Hall–Kier alpha value is -1.98. The first-order chi connectivity index (χ1) is 9.72. The highest BCUT2D eigenvalue weighted by Gasteiger charge is 2.10. The number of carbonyl (C=O) groups excluding carboxylic acids is 1. The third-order valence-electron chi connectivity index (χ3n) is 3.04. The van der Waals surface area contributed by atoms with Crippen LogP contribution in [0.1, 0.15) is 16.8 Å². The van der Waals surface area contributed by atoms with Crippen molar-refractivity contribution in [2.45, 2.75) is 12.5 Å². The summed E-state index contributed by atoms with van der Waals surface area (Å²) < 4.78 is 4.83. The minimum Gasteiger partial charge on any atom is -0.391 e. The van der Waals surface area contributed by atoms with Gasteiger partial charge in [-0.3, -0.25) is 9.78 Å². The molecule has 0 fully saturated rings. The summed E-state index contributed by atoms with van der Waals surface area (Å²) in [5, 5.41) is 14.1. The van der Waals surface area contributed by atoms with Gasteiger partial charge in [0.25, 0.3) is 5.91 Å². The first-order valence-corrected chi connectivity index (χ1v) is 6.50. The van der Waals surface area contributed by atoms with E-state index in [9.17, 15) is 9.90 Å². The number of carbonyl (C=O) groups is 1. The number of methoxy groups -OCH3 is 1. The van der Waals surface area contributed by atoms with Crippen molar-refractivity contribution in [3.63, 3.8) is 0 Å². The molecule has 1 aromatic carbocycles. The predicted molar refractivity (Wildman–Crippen MR) is 76.6 cm³/mol. The molecule has 2 N–H and O–H groups in total. The molecule has 0 bridgehead atoms. The maximum absolute atomic E-state index is 12.1. The molecular formula is C15H18N2O3. The Morgan fingerprint density at radius 3 is 3.00 bits per heavy atom. The SMILES string of the molecule is COCC(O)CCNC(=O)c1cncc2ccccc12. The van der Waals surface area contributed by atoms with E-state index in [2.05, 4.69) is 10.3 Å². The number of aliphatic hydroxyl groups excluding tert-OH is 1. The Kier molecular flexibility index (Phi) is 5.03. The number of nitrogens with one attached hydrogen (secondary N) is 1. The van der Waals surface area contributed by atoms with E-state index in [1.807, 2.05) is 24.3 Å². The van der Waals surface area contributed by atoms with Crippen LogP contribution in [0.3, 0.4) is 0 Å². The highest BCUT2D eigenvalue weighted by Crippen LogP contribution is 2.16. The van der Waals surface area contributed by atoms with Crippen molar-refractivity contribution in [1.29, 1.82) is 0 Å². The molecule has 1 atom stereocenters. The van der Waals surface area contributed by atoms with Gasteiger partial charge in [0.1, 0.15) is 0 Å². The van der Waals surface area contributed by atoms with E-state index >= 15 is 0 Å². The summed E-state index contributed by atoms with van der Waals surface area (Å²) in [6, 6.07) is 7.61. The summed E-state index contributed by atoms with van der Waals surface area (Å²) >= 11 is 0. The monoisotopic (exact) mass is 274 g/mol. The van der Waals surface area contributed by atoms with Crippen molar-refractivity contribution in [2.75, 3.05) is 20.3 Å². The number of ether oxygens (including phenoxy) is 1. The van der Waals surface area contributed by atoms with Gasteiger partial charge >= 0.3 is 0 Å². The summed E-state index contributed by atoms with van der Waals surface area (Å²) in [7, 11) is 1.53. The molecule has 1 aromatic heterocycles. The molecule has 1 amide bonds. The smallest absolute Gasteiger partial charge is 0.253 e. The molecule has 5 heteroatoms. The fourth-order valence-corrected chi connectivity index (χ4v) is 2.02. The molecule has 106 valence electrons. The van der Waals surface area contributed by atoms with Gasteiger partial charge in [-0.1, -0.05) is 24.3 Å². The van der Waals surface area contributed by atoms with Crippen molar-refractivity contribution in [3.05, 3.63) is 42.2 Å². The van der Waals surface area contributed by atoms with Crippen LogP contribution >= 0.6 is 0 Å². The second-order valence-electron chi connectivity index (χ2n) is 4.56. The highest BCUT2D eigenvalue weighted by atomic mass is 16.5. The minimum absolute atomic E-state index is 0.182. The predicted octanol–water partition coefficient (Wildman–Crippen LogP) is 1.36. The molecule has 0 spiro atoms. The Labute approximate surface area is 117 Å². The Morgan fingerprint density at radius 2 is 2.20 bits per heavy atom. The zero-order chi connectivity index (χ0) is 14.4. The molecule has 1 heterocycles. The van der Waals surface area contributed by atoms with E-state index < -0.39 is 6.10 Å². The van der Waals surface area contributed by atoms with Gasteiger partial charge < -0.3 is 15.2 Å². The molecule has 0 saturated heterocycles. The number of aliphatic hydroxyl groups is 1. The van der Waals surface area contributed by atoms with Crippen molar-refractivity contribution in [3.8, 4) is 0 Å². The Bertz CT molecular complexity index is 581. The van der Waals surface area contributed by atoms with Crippen LogP contribution in [0.15, 0.2) is 36.7 Å². The fourth-order valence-electron chi connectivity index (χ4n) is 2.02. The van der Waals surface area contributed by atoms with Gasteiger partial charge in [-0.05, 0) is 11.8 Å². The number of hydrogen-bond acceptors (Lipinski definition) is 4. The lowest BCUT2D eigenvalue weighted by Crippen LogP contribution is -2.28. The first-order valence-electron chi connectivity index (χ1n) is 6.50. The van der Waals surface area contributed by atoms with Crippen molar-refractivity contribution in [2.24, 2.45) is 0 Å². The standard InChI is InChI=1S/C15H18N2O3/c1-20-10-12(18)6-7-17-15(19)14-9-16-8-11-4-2-3-5-13(11)14/h2-5,8-9,12,18H,6-7,10H2,1H3,(H,17,19). The van der Waals surface area contributed by atoms with Crippen LogP contribution in [-0.4, -0.2) is 42.4 Å². The van der Waals surface area contributed by atoms with Gasteiger partial charge in [0.15, 0.2) is 0 Å². The second kappa shape index (κ2) is 6.98. The van der Waals surface area contributed by atoms with Crippen LogP contribution in [0.5, 0.6) is 0 Å². The number of amides is 1. The summed E-state index contributed by atoms with van der Waals surface area (Å²) in [6.07, 6.45) is 3.18. The lowest BCUT2D eigenvalue weighted by molar-refractivity contribution is 0.0588. The van der Waals surface area contributed by atoms with Gasteiger partial charge in [0, 0.05) is 31.4 Å². The van der Waals surface area contributed by atoms with Crippen molar-refractivity contribution >= 4 is 16.7 Å². The number of fused-ring (bicyclic) bond motifs is 1. The summed E-state index contributed by atoms with van der Waals surface area (Å²) in [5.74, 6) is -0.182. The summed E-state index contributed by atoms with van der Waals surface area (Å²) in [6.45, 7) is 0.665. The maximum Gasteiger partial charge on any atom is 0.253 e. The quantitative estimate of drug-likeness (QED) is 0.834. The molecule has 0 aliphatic rings. The maximum atomic E-state index is 12.1. The minimum atomic E-state index is -0.564. The van der Waals surface area contributed by atoms with Crippen LogP contribution in [0.2, 0.25) is 0 Å². The Balaban J connectivity index is 2.01. The van der Waals surface area contributed by atoms with E-state index in [1.165, 1.54) is 7.11 Å². The largest absolute Gasteiger partial charge is 0.391 e. The second-order valence-corrected chi connectivity index (χ2v) is 4.56. The number of hydrogen-bond donors (Lipinski definition) is 2. The number of aromatic nitrogens is 1. The molecule has 1 unspecified atom stereocenters. The fraction of sp³-hybridized carbons (Fsp3) is 0.333. The lowest BCUT2D eigenvalue weighted by atomic mass is 10.1. The molecule has 0 radical (unpaired) electrons. The molecular weight excluding hydrogens is 256 g/mol. The molecule has 0 saturated carbocycles. The summed E-state index contributed by atoms with van der Waals surface area (Å²) in [4.78, 5) is 16.2. The molecule has 0 aliphatic carbocycles. The van der Waals surface area contributed by atoms with Crippen LogP contribution in [0, 0.1) is 0 Å². The topological polar surface area (TPSA) is 71.5 Å². The average molecular weight is 274 g/mol. The van der Waals surface area contributed by atoms with Gasteiger partial charge in [-0.2, -0.15) is 0 Å². The normalized spacial score (nSPS) is 12.3. The number of pyridine rings is 1. The molecule has 5 nitrogen and oxygen atoms in total. The van der Waals surface area contributed by atoms with Crippen LogP contribution in [0.4, 0.5) is 0 Å². The third kappa shape index (κ3) is 3.53. The van der Waals surface area contributed by atoms with Crippen LogP contribution in [0.25, 0.3) is 10.8 Å². The molecule has 20 heavy (non-hydrogen) atoms. The number of nitrogens with zero attached hydrogens (tertiary/aromatic N) is 1. The van der Waals surface area contributed by atoms with Gasteiger partial charge in [-0.25, -0.2) is 0 Å². The highest BCUT2D eigenvalue weighted by molar-refractivity contribution is 6.06. The Morgan fingerprint density at radius 1 is 1.40 bits per heavy atom. The molecule has 2 aromatic rings. The molecule has 0 aliphatic heterocycles. The van der Waals surface area contributed by atoms with Crippen molar-refractivity contribution < 1.29 is 14.6 Å². The average Bonchev–Trinajstić information content (AvgIpc) is 2.47. The summed E-state index contributed by atoms with van der Waals surface area (Å²) in [5.41, 5.74) is 0.546. The van der Waals surface area contributed by atoms with E-state index in [-0.39, 0.29) is 12.5 Å². The van der Waals surface area contributed by atoms with E-state index in [4.69, 9.17) is 4.74 Å². The molecule has 2 rings (SSSR count). The number of rotatable bonds is 6. The third-order valence-corrected chi connectivity index (χ3v) is 3.04. The van der Waals surface area contributed by atoms with Crippen LogP contribution in [-0.2, 0) is 4.74 Å². The van der Waals surface area contributed by atoms with Crippen molar-refractivity contribution in [1.82, 2.24) is 10.3 Å². The lowest BCUT2D eigenvalue weighted by Gasteiger charge is -2.11.